The predicted octanol–water partition coefficient (Wildman–Crippen LogP) is 4.06. The minimum atomic E-state index is -4.62. The molecule has 0 spiro atoms. The molecular weight excluding hydrogens is 477 g/mol. The number of carboxylic acids is 1. The second-order valence-corrected chi connectivity index (χ2v) is 9.76. The zero-order valence-electron chi connectivity index (χ0n) is 20.3. The number of hydrogen-bond acceptors (Lipinski definition) is 5. The fourth-order valence-electron chi connectivity index (χ4n) is 5.10. The lowest BCUT2D eigenvalue weighted by Crippen LogP contribution is -2.45. The largest absolute Gasteiger partial charge is 0.493 e. The standard InChI is InChI=1S/C25H31F3N4O4/c1-15(2)22-20-12-19(36-9-6-18-13-31-8-3-7-29-24(31)30-18)5-4-16(20)10-17(11-21(33)34)23(35)32(22)14-25(26,27)28/h4-5,12-13,15,17,22H,3,6-11,14H2,1-2H3,(H,29,30)(H,33,34)/t17-,22?/m0/s1. The monoisotopic (exact) mass is 508 g/mol. The third-order valence-electron chi connectivity index (χ3n) is 6.58. The van der Waals surface area contributed by atoms with Crippen molar-refractivity contribution in [1.82, 2.24) is 14.5 Å². The van der Waals surface area contributed by atoms with Crippen LogP contribution in [0.3, 0.4) is 0 Å². The molecule has 8 nitrogen and oxygen atoms in total. The number of aryl methyl sites for hydroxylation is 1. The molecule has 1 unspecified atom stereocenters. The first kappa shape index (κ1) is 25.8. The summed E-state index contributed by atoms with van der Waals surface area (Å²) in [6, 6.07) is 4.29. The quantitative estimate of drug-likeness (QED) is 0.559. The SMILES string of the molecule is CC(C)C1c2cc(OCCc3cn4c(n3)NCCC4)ccc2C[C@@H](CC(=O)O)C(=O)N1CC(F)(F)F. The molecule has 0 saturated carbocycles. The van der Waals surface area contributed by atoms with Crippen molar-refractivity contribution in [1.29, 1.82) is 0 Å². The number of amides is 1. The normalized spacial score (nSPS) is 19.9. The van der Waals surface area contributed by atoms with E-state index in [9.17, 15) is 27.9 Å². The highest BCUT2D eigenvalue weighted by Gasteiger charge is 2.43. The average molecular weight is 509 g/mol. The lowest BCUT2D eigenvalue weighted by molar-refractivity contribution is -0.170. The summed E-state index contributed by atoms with van der Waals surface area (Å²) in [5.74, 6) is -2.09. The van der Waals surface area contributed by atoms with E-state index in [1.54, 1.807) is 32.0 Å². The van der Waals surface area contributed by atoms with Gasteiger partial charge in [-0.05, 0) is 42.0 Å². The first-order chi connectivity index (χ1) is 17.0. The minimum absolute atomic E-state index is 0.0610. The lowest BCUT2D eigenvalue weighted by atomic mass is 9.89. The number of alkyl halides is 3. The molecule has 1 aromatic carbocycles. The van der Waals surface area contributed by atoms with Crippen molar-refractivity contribution >= 4 is 17.8 Å². The summed E-state index contributed by atoms with van der Waals surface area (Å²) >= 11 is 0. The van der Waals surface area contributed by atoms with E-state index in [2.05, 4.69) is 14.9 Å². The molecule has 36 heavy (non-hydrogen) atoms. The van der Waals surface area contributed by atoms with E-state index in [1.807, 2.05) is 6.20 Å². The molecule has 0 radical (unpaired) electrons. The van der Waals surface area contributed by atoms with Crippen molar-refractivity contribution in [2.45, 2.75) is 58.3 Å². The summed E-state index contributed by atoms with van der Waals surface area (Å²) in [5, 5.41) is 12.5. The summed E-state index contributed by atoms with van der Waals surface area (Å²) in [7, 11) is 0. The molecule has 2 aromatic rings. The van der Waals surface area contributed by atoms with E-state index in [4.69, 9.17) is 4.74 Å². The molecule has 1 amide bonds. The third kappa shape index (κ3) is 5.93. The van der Waals surface area contributed by atoms with Gasteiger partial charge in [-0.15, -0.1) is 0 Å². The number of imidazole rings is 1. The second-order valence-electron chi connectivity index (χ2n) is 9.76. The van der Waals surface area contributed by atoms with Gasteiger partial charge in [0.05, 0.1) is 30.7 Å². The van der Waals surface area contributed by atoms with Gasteiger partial charge >= 0.3 is 12.1 Å². The second kappa shape index (κ2) is 10.4. The molecule has 196 valence electrons. The molecule has 0 bridgehead atoms. The average Bonchev–Trinajstić information content (AvgIpc) is 3.16. The van der Waals surface area contributed by atoms with Crippen LogP contribution in [-0.4, -0.2) is 57.3 Å². The van der Waals surface area contributed by atoms with Crippen molar-refractivity contribution in [3.63, 3.8) is 0 Å². The van der Waals surface area contributed by atoms with Crippen molar-refractivity contribution in [3.8, 4) is 5.75 Å². The van der Waals surface area contributed by atoms with Crippen LogP contribution in [-0.2, 0) is 29.0 Å². The Bertz CT molecular complexity index is 1090. The van der Waals surface area contributed by atoms with Crippen LogP contribution in [0.5, 0.6) is 5.75 Å². The molecule has 2 N–H and O–H groups in total. The van der Waals surface area contributed by atoms with Crippen LogP contribution in [0.2, 0.25) is 0 Å². The first-order valence-corrected chi connectivity index (χ1v) is 12.2. The van der Waals surface area contributed by atoms with Crippen LogP contribution in [0.4, 0.5) is 19.1 Å². The molecule has 4 rings (SSSR count). The number of nitrogens with zero attached hydrogens (tertiary/aromatic N) is 3. The lowest BCUT2D eigenvalue weighted by Gasteiger charge is -2.35. The molecule has 2 aliphatic heterocycles. The smallest absolute Gasteiger partial charge is 0.406 e. The minimum Gasteiger partial charge on any atom is -0.493 e. The molecule has 11 heteroatoms. The maximum absolute atomic E-state index is 13.5. The van der Waals surface area contributed by atoms with Gasteiger partial charge in [-0.2, -0.15) is 13.2 Å². The van der Waals surface area contributed by atoms with E-state index in [0.717, 1.165) is 36.1 Å². The van der Waals surface area contributed by atoms with Gasteiger partial charge in [0.15, 0.2) is 0 Å². The molecule has 3 heterocycles. The Hall–Kier alpha value is -3.24. The Kier molecular flexibility index (Phi) is 7.46. The number of hydrogen-bond donors (Lipinski definition) is 2. The summed E-state index contributed by atoms with van der Waals surface area (Å²) < 4.78 is 48.5. The molecule has 2 atom stereocenters. The zero-order chi connectivity index (χ0) is 26.0. The van der Waals surface area contributed by atoms with E-state index in [0.29, 0.717) is 29.9 Å². The van der Waals surface area contributed by atoms with Crippen molar-refractivity contribution in [2.75, 3.05) is 25.0 Å². The Morgan fingerprint density at radius 2 is 2.11 bits per heavy atom. The van der Waals surface area contributed by atoms with Gasteiger partial charge in [0.25, 0.3) is 0 Å². The molecular formula is C25H31F3N4O4. The highest BCUT2D eigenvalue weighted by molar-refractivity contribution is 5.84. The predicted molar refractivity (Wildman–Crippen MR) is 126 cm³/mol. The number of aliphatic carboxylic acids is 1. The number of aromatic nitrogens is 2. The number of ether oxygens (including phenoxy) is 1. The number of fused-ring (bicyclic) bond motifs is 2. The maximum Gasteiger partial charge on any atom is 0.406 e. The Morgan fingerprint density at radius 3 is 2.78 bits per heavy atom. The highest BCUT2D eigenvalue weighted by atomic mass is 19.4. The molecule has 2 aliphatic rings. The third-order valence-corrected chi connectivity index (χ3v) is 6.58. The van der Waals surface area contributed by atoms with Gasteiger partial charge in [-0.3, -0.25) is 9.59 Å². The topological polar surface area (TPSA) is 96.7 Å². The van der Waals surface area contributed by atoms with Crippen LogP contribution >= 0.6 is 0 Å². The highest BCUT2D eigenvalue weighted by Crippen LogP contribution is 2.40. The molecule has 0 aliphatic carbocycles. The van der Waals surface area contributed by atoms with E-state index < -0.39 is 43.0 Å². The number of carboxylic acid groups (broad SMARTS) is 1. The number of halogens is 3. The van der Waals surface area contributed by atoms with Crippen molar-refractivity contribution < 1.29 is 32.6 Å². The Morgan fingerprint density at radius 1 is 1.33 bits per heavy atom. The van der Waals surface area contributed by atoms with Gasteiger partial charge in [-0.1, -0.05) is 19.9 Å². The summed E-state index contributed by atoms with van der Waals surface area (Å²) in [6.45, 7) is 4.20. The van der Waals surface area contributed by atoms with E-state index in [1.165, 1.54) is 0 Å². The number of carbonyl (C=O) groups is 2. The fourth-order valence-corrected chi connectivity index (χ4v) is 5.10. The fraction of sp³-hybridized carbons (Fsp3) is 0.560. The van der Waals surface area contributed by atoms with Gasteiger partial charge in [0.1, 0.15) is 12.3 Å². The zero-order valence-corrected chi connectivity index (χ0v) is 20.3. The number of carbonyl (C=O) groups excluding carboxylic acids is 1. The number of rotatable bonds is 8. The number of anilines is 1. The number of benzene rings is 1. The van der Waals surface area contributed by atoms with Gasteiger partial charge in [0, 0.05) is 25.7 Å². The summed E-state index contributed by atoms with van der Waals surface area (Å²) in [4.78, 5) is 29.9. The van der Waals surface area contributed by atoms with Crippen LogP contribution < -0.4 is 10.1 Å². The maximum atomic E-state index is 13.5. The summed E-state index contributed by atoms with van der Waals surface area (Å²) in [6.07, 6.45) is -1.50. The van der Waals surface area contributed by atoms with Crippen LogP contribution in [0.1, 0.15) is 49.6 Å². The van der Waals surface area contributed by atoms with Gasteiger partial charge < -0.3 is 24.6 Å². The van der Waals surface area contributed by atoms with Crippen molar-refractivity contribution in [3.05, 3.63) is 41.2 Å². The summed E-state index contributed by atoms with van der Waals surface area (Å²) in [5.41, 5.74) is 2.11. The van der Waals surface area contributed by atoms with Gasteiger partial charge in [-0.25, -0.2) is 4.98 Å². The molecule has 1 aromatic heterocycles. The van der Waals surface area contributed by atoms with E-state index >= 15 is 0 Å². The van der Waals surface area contributed by atoms with Gasteiger partial charge in [0.2, 0.25) is 11.9 Å². The van der Waals surface area contributed by atoms with Crippen molar-refractivity contribution in [2.24, 2.45) is 11.8 Å². The molecule has 0 saturated heterocycles. The molecule has 0 fully saturated rings. The van der Waals surface area contributed by atoms with Crippen LogP contribution in [0.15, 0.2) is 24.4 Å². The van der Waals surface area contributed by atoms with Crippen LogP contribution in [0.25, 0.3) is 0 Å². The van der Waals surface area contributed by atoms with Crippen LogP contribution in [0, 0.1) is 11.8 Å². The Labute approximate surface area is 207 Å². The first-order valence-electron chi connectivity index (χ1n) is 12.2. The Balaban J connectivity index is 1.58. The number of nitrogens with one attached hydrogen (secondary N) is 1. The van der Waals surface area contributed by atoms with E-state index in [-0.39, 0.29) is 12.3 Å².